The second-order valence-corrected chi connectivity index (χ2v) is 3.96. The second-order valence-electron chi connectivity index (χ2n) is 3.96. The molecule has 1 atom stereocenters. The van der Waals surface area contributed by atoms with Gasteiger partial charge in [-0.3, -0.25) is 0 Å². The van der Waals surface area contributed by atoms with E-state index >= 15 is 0 Å². The normalized spacial score (nSPS) is 27.0. The molecule has 2 rings (SSSR count). The van der Waals surface area contributed by atoms with Crippen LogP contribution in [0.5, 0.6) is 0 Å². The predicted octanol–water partition coefficient (Wildman–Crippen LogP) is 2.51. The Labute approximate surface area is 90.5 Å². The summed E-state index contributed by atoms with van der Waals surface area (Å²) in [5.41, 5.74) is 0.918. The monoisotopic (exact) mass is 204 g/mol. The summed E-state index contributed by atoms with van der Waals surface area (Å²) in [6.45, 7) is 4.06. The van der Waals surface area contributed by atoms with Crippen LogP contribution >= 0.6 is 0 Å². The van der Waals surface area contributed by atoms with Gasteiger partial charge in [-0.25, -0.2) is 0 Å². The minimum Gasteiger partial charge on any atom is -0.376 e. The summed E-state index contributed by atoms with van der Waals surface area (Å²) in [6.07, 6.45) is 4.15. The van der Waals surface area contributed by atoms with Gasteiger partial charge in [-0.1, -0.05) is 42.5 Å². The number of hydrogen-bond donors (Lipinski definition) is 0. The van der Waals surface area contributed by atoms with Gasteiger partial charge in [0.05, 0.1) is 19.8 Å². The average Bonchev–Trinajstić information content (AvgIpc) is 2.29. The largest absolute Gasteiger partial charge is 0.376 e. The number of benzene rings is 1. The Balaban J connectivity index is 2.04. The third kappa shape index (κ3) is 2.91. The molecule has 0 aliphatic carbocycles. The molecule has 0 spiro atoms. The van der Waals surface area contributed by atoms with Crippen molar-refractivity contribution in [1.82, 2.24) is 0 Å². The molecule has 2 heteroatoms. The number of ether oxygens (including phenoxy) is 2. The standard InChI is InChI=1S/C13H16O2/c1-13(11-14-9-10-15-13)8-7-12-5-3-2-4-6-12/h2-8H,9-11H2,1H3. The third-order valence-corrected chi connectivity index (χ3v) is 2.48. The first-order chi connectivity index (χ1) is 7.29. The Hall–Kier alpha value is -1.12. The highest BCUT2D eigenvalue weighted by atomic mass is 16.6. The lowest BCUT2D eigenvalue weighted by atomic mass is 10.0. The maximum Gasteiger partial charge on any atom is 0.107 e. The molecule has 1 heterocycles. The van der Waals surface area contributed by atoms with Crippen molar-refractivity contribution in [2.24, 2.45) is 0 Å². The van der Waals surface area contributed by atoms with E-state index in [1.54, 1.807) is 0 Å². The van der Waals surface area contributed by atoms with E-state index in [2.05, 4.69) is 24.3 Å². The SMILES string of the molecule is CC1(C=Cc2ccccc2)COCCO1. The fraction of sp³-hybridized carbons (Fsp3) is 0.385. The Morgan fingerprint density at radius 3 is 2.67 bits per heavy atom. The van der Waals surface area contributed by atoms with Crippen molar-refractivity contribution in [1.29, 1.82) is 0 Å². The lowest BCUT2D eigenvalue weighted by Crippen LogP contribution is -2.38. The van der Waals surface area contributed by atoms with E-state index in [1.807, 2.05) is 25.1 Å². The highest BCUT2D eigenvalue weighted by molar-refractivity contribution is 5.50. The highest BCUT2D eigenvalue weighted by Gasteiger charge is 2.25. The van der Waals surface area contributed by atoms with Gasteiger partial charge in [0.2, 0.25) is 0 Å². The van der Waals surface area contributed by atoms with Gasteiger partial charge in [-0.15, -0.1) is 0 Å². The van der Waals surface area contributed by atoms with Crippen molar-refractivity contribution in [3.05, 3.63) is 42.0 Å². The smallest absolute Gasteiger partial charge is 0.107 e. The zero-order valence-electron chi connectivity index (χ0n) is 8.98. The molecular formula is C13H16O2. The first kappa shape index (κ1) is 10.4. The summed E-state index contributed by atoms with van der Waals surface area (Å²) in [5, 5.41) is 0. The van der Waals surface area contributed by atoms with Gasteiger partial charge >= 0.3 is 0 Å². The molecular weight excluding hydrogens is 188 g/mol. The Bertz CT molecular complexity index is 324. The van der Waals surface area contributed by atoms with Crippen molar-refractivity contribution in [2.75, 3.05) is 19.8 Å². The molecule has 1 aliphatic heterocycles. The second kappa shape index (κ2) is 4.60. The predicted molar refractivity (Wildman–Crippen MR) is 60.7 cm³/mol. The van der Waals surface area contributed by atoms with Crippen LogP contribution in [0.2, 0.25) is 0 Å². The van der Waals surface area contributed by atoms with E-state index in [0.717, 1.165) is 0 Å². The summed E-state index contributed by atoms with van der Waals surface area (Å²) in [6, 6.07) is 10.2. The zero-order valence-corrected chi connectivity index (χ0v) is 8.98. The minimum absolute atomic E-state index is 0.270. The molecule has 0 aromatic heterocycles. The van der Waals surface area contributed by atoms with Crippen LogP contribution in [0.1, 0.15) is 12.5 Å². The zero-order chi connectivity index (χ0) is 10.6. The van der Waals surface area contributed by atoms with Crippen molar-refractivity contribution in [3.8, 4) is 0 Å². The van der Waals surface area contributed by atoms with E-state index in [-0.39, 0.29) is 5.60 Å². The van der Waals surface area contributed by atoms with Gasteiger partial charge in [0.1, 0.15) is 5.60 Å². The van der Waals surface area contributed by atoms with Crippen LogP contribution in [0, 0.1) is 0 Å². The molecule has 15 heavy (non-hydrogen) atoms. The summed E-state index contributed by atoms with van der Waals surface area (Å²) in [5.74, 6) is 0. The molecule has 0 bridgehead atoms. The van der Waals surface area contributed by atoms with Crippen LogP contribution in [0.25, 0.3) is 6.08 Å². The Morgan fingerprint density at radius 2 is 2.00 bits per heavy atom. The van der Waals surface area contributed by atoms with Crippen molar-refractivity contribution < 1.29 is 9.47 Å². The molecule has 1 unspecified atom stereocenters. The third-order valence-electron chi connectivity index (χ3n) is 2.48. The number of hydrogen-bond acceptors (Lipinski definition) is 2. The van der Waals surface area contributed by atoms with Gasteiger partial charge in [0.15, 0.2) is 0 Å². The molecule has 0 radical (unpaired) electrons. The Morgan fingerprint density at radius 1 is 1.20 bits per heavy atom. The lowest BCUT2D eigenvalue weighted by molar-refractivity contribution is -0.121. The molecule has 1 aromatic rings. The molecule has 0 amide bonds. The summed E-state index contributed by atoms with van der Waals surface area (Å²) < 4.78 is 11.1. The van der Waals surface area contributed by atoms with Gasteiger partial charge in [0, 0.05) is 0 Å². The molecule has 0 N–H and O–H groups in total. The van der Waals surface area contributed by atoms with Crippen LogP contribution in [0.15, 0.2) is 36.4 Å². The summed E-state index contributed by atoms with van der Waals surface area (Å²) in [7, 11) is 0. The van der Waals surface area contributed by atoms with Crippen LogP contribution in [-0.2, 0) is 9.47 Å². The maximum atomic E-state index is 5.68. The fourth-order valence-corrected chi connectivity index (χ4v) is 1.58. The van der Waals surface area contributed by atoms with E-state index in [4.69, 9.17) is 9.47 Å². The molecule has 1 aromatic carbocycles. The van der Waals surface area contributed by atoms with Crippen LogP contribution in [0.4, 0.5) is 0 Å². The van der Waals surface area contributed by atoms with Gasteiger partial charge in [-0.05, 0) is 12.5 Å². The lowest BCUT2D eigenvalue weighted by Gasteiger charge is -2.30. The van der Waals surface area contributed by atoms with E-state index in [9.17, 15) is 0 Å². The maximum absolute atomic E-state index is 5.68. The first-order valence-electron chi connectivity index (χ1n) is 5.25. The van der Waals surface area contributed by atoms with Gasteiger partial charge in [0.25, 0.3) is 0 Å². The average molecular weight is 204 g/mol. The Kier molecular flexibility index (Phi) is 3.19. The molecule has 2 nitrogen and oxygen atoms in total. The van der Waals surface area contributed by atoms with Crippen LogP contribution in [-0.4, -0.2) is 25.4 Å². The van der Waals surface area contributed by atoms with Crippen molar-refractivity contribution in [3.63, 3.8) is 0 Å². The fourth-order valence-electron chi connectivity index (χ4n) is 1.58. The van der Waals surface area contributed by atoms with E-state index in [1.165, 1.54) is 5.56 Å². The van der Waals surface area contributed by atoms with E-state index in [0.29, 0.717) is 19.8 Å². The van der Waals surface area contributed by atoms with Gasteiger partial charge < -0.3 is 9.47 Å². The quantitative estimate of drug-likeness (QED) is 0.737. The molecule has 1 aliphatic rings. The van der Waals surface area contributed by atoms with Crippen LogP contribution < -0.4 is 0 Å². The minimum atomic E-state index is -0.270. The molecule has 1 fully saturated rings. The molecule has 0 saturated carbocycles. The number of rotatable bonds is 2. The van der Waals surface area contributed by atoms with Crippen molar-refractivity contribution >= 4 is 6.08 Å². The summed E-state index contributed by atoms with van der Waals surface area (Å²) >= 11 is 0. The first-order valence-corrected chi connectivity index (χ1v) is 5.25. The van der Waals surface area contributed by atoms with Crippen LogP contribution in [0.3, 0.4) is 0 Å². The summed E-state index contributed by atoms with van der Waals surface area (Å²) in [4.78, 5) is 0. The van der Waals surface area contributed by atoms with E-state index < -0.39 is 0 Å². The topological polar surface area (TPSA) is 18.5 Å². The van der Waals surface area contributed by atoms with Gasteiger partial charge in [-0.2, -0.15) is 0 Å². The highest BCUT2D eigenvalue weighted by Crippen LogP contribution is 2.18. The van der Waals surface area contributed by atoms with Crippen molar-refractivity contribution in [2.45, 2.75) is 12.5 Å². The molecule has 80 valence electrons. The molecule has 1 saturated heterocycles.